The molecule has 0 bridgehead atoms. The average molecular weight is 563 g/mol. The van der Waals surface area contributed by atoms with Crippen LogP contribution in [0.25, 0.3) is 54.6 Å². The lowest BCUT2D eigenvalue weighted by atomic mass is 9.74. The fraction of sp³-hybridized carbons (Fsp3) is 0.268. The SMILES string of the molecule is C=CC1(CCCOCC2CO2)c2ccccc2-c2ccc(-c3ccc4ccc5cc(C(C)(C)C)cc6ccc3c4c56)cc21. The van der Waals surface area contributed by atoms with Gasteiger partial charge in [-0.3, -0.25) is 0 Å². The maximum Gasteiger partial charge on any atom is 0.104 e. The lowest BCUT2D eigenvalue weighted by Crippen LogP contribution is -2.23. The number of benzene rings is 6. The van der Waals surface area contributed by atoms with Crippen LogP contribution in [0.15, 0.2) is 104 Å². The number of ether oxygens (including phenoxy) is 2. The molecule has 6 aromatic carbocycles. The van der Waals surface area contributed by atoms with E-state index in [1.165, 1.54) is 71.3 Å². The molecule has 6 aromatic rings. The predicted molar refractivity (Wildman–Crippen MR) is 180 cm³/mol. The first-order chi connectivity index (χ1) is 20.9. The normalized spacial score (nSPS) is 19.3. The van der Waals surface area contributed by atoms with Crippen molar-refractivity contribution in [3.05, 3.63) is 120 Å². The van der Waals surface area contributed by atoms with Gasteiger partial charge in [0.25, 0.3) is 0 Å². The van der Waals surface area contributed by atoms with Gasteiger partial charge in [0.05, 0.1) is 13.2 Å². The molecule has 2 nitrogen and oxygen atoms in total. The Morgan fingerprint density at radius 1 is 0.814 bits per heavy atom. The molecule has 0 aromatic heterocycles. The van der Waals surface area contributed by atoms with Gasteiger partial charge in [-0.05, 0) is 95.6 Å². The van der Waals surface area contributed by atoms with Crippen LogP contribution in [0, 0.1) is 0 Å². The van der Waals surface area contributed by atoms with Gasteiger partial charge in [0, 0.05) is 12.0 Å². The zero-order valence-corrected chi connectivity index (χ0v) is 25.4. The highest BCUT2D eigenvalue weighted by atomic mass is 16.6. The van der Waals surface area contributed by atoms with E-state index in [0.29, 0.717) is 12.7 Å². The minimum absolute atomic E-state index is 0.104. The first kappa shape index (κ1) is 26.6. The second-order valence-electron chi connectivity index (χ2n) is 13.6. The molecule has 8 rings (SSSR count). The van der Waals surface area contributed by atoms with Crippen molar-refractivity contribution in [1.29, 1.82) is 0 Å². The molecule has 1 heterocycles. The molecule has 2 atom stereocenters. The molecule has 2 aliphatic rings. The van der Waals surface area contributed by atoms with Crippen LogP contribution < -0.4 is 0 Å². The zero-order chi connectivity index (χ0) is 29.3. The molecular weight excluding hydrogens is 524 g/mol. The quantitative estimate of drug-likeness (QED) is 0.0797. The molecule has 1 aliphatic carbocycles. The third-order valence-corrected chi connectivity index (χ3v) is 9.89. The Labute approximate surface area is 254 Å². The summed E-state index contributed by atoms with van der Waals surface area (Å²) in [6, 6.07) is 34.6. The lowest BCUT2D eigenvalue weighted by Gasteiger charge is -2.29. The van der Waals surface area contributed by atoms with Gasteiger partial charge in [-0.1, -0.05) is 112 Å². The largest absolute Gasteiger partial charge is 0.379 e. The summed E-state index contributed by atoms with van der Waals surface area (Å²) in [5, 5.41) is 7.99. The van der Waals surface area contributed by atoms with Crippen molar-refractivity contribution in [3.63, 3.8) is 0 Å². The molecule has 1 aliphatic heterocycles. The molecule has 0 N–H and O–H groups in total. The van der Waals surface area contributed by atoms with E-state index in [9.17, 15) is 0 Å². The number of rotatable bonds is 8. The lowest BCUT2D eigenvalue weighted by molar-refractivity contribution is 0.111. The Kier molecular flexibility index (Phi) is 6.05. The van der Waals surface area contributed by atoms with E-state index in [1.807, 2.05) is 0 Å². The van der Waals surface area contributed by atoms with Crippen molar-refractivity contribution in [2.75, 3.05) is 19.8 Å². The van der Waals surface area contributed by atoms with Crippen LogP contribution in [-0.4, -0.2) is 25.9 Å². The van der Waals surface area contributed by atoms with Crippen LogP contribution in [0.3, 0.4) is 0 Å². The van der Waals surface area contributed by atoms with Crippen LogP contribution in [0.4, 0.5) is 0 Å². The van der Waals surface area contributed by atoms with Crippen molar-refractivity contribution in [3.8, 4) is 22.3 Å². The van der Waals surface area contributed by atoms with Crippen LogP contribution >= 0.6 is 0 Å². The van der Waals surface area contributed by atoms with Crippen molar-refractivity contribution >= 4 is 32.3 Å². The topological polar surface area (TPSA) is 21.8 Å². The number of fused-ring (bicyclic) bond motifs is 3. The number of hydrogen-bond donors (Lipinski definition) is 0. The highest BCUT2D eigenvalue weighted by molar-refractivity contribution is 6.25. The zero-order valence-electron chi connectivity index (χ0n) is 25.4. The summed E-state index contributed by atoms with van der Waals surface area (Å²) in [5.74, 6) is 0. The summed E-state index contributed by atoms with van der Waals surface area (Å²) in [5.41, 5.74) is 9.13. The summed E-state index contributed by atoms with van der Waals surface area (Å²) in [4.78, 5) is 0. The Bertz CT molecular complexity index is 2000. The molecule has 0 amide bonds. The van der Waals surface area contributed by atoms with Gasteiger partial charge in [-0.2, -0.15) is 0 Å². The standard InChI is InChI=1S/C41H38O2/c1-5-41(19-8-20-42-24-31-25-43-31)36-10-7-6-9-33(36)34-17-14-27(23-37(34)41)32-16-13-26-11-12-28-21-30(40(2,3)4)22-29-15-18-35(32)39(26)38(28)29/h5-7,9-18,21-23,31H,1,8,19-20,24-25H2,2-4H3. The first-order valence-corrected chi connectivity index (χ1v) is 15.7. The van der Waals surface area contributed by atoms with Crippen molar-refractivity contribution < 1.29 is 9.47 Å². The average Bonchev–Trinajstić information content (AvgIpc) is 3.81. The van der Waals surface area contributed by atoms with Crippen LogP contribution in [0.2, 0.25) is 0 Å². The van der Waals surface area contributed by atoms with Gasteiger partial charge in [-0.25, -0.2) is 0 Å². The fourth-order valence-corrected chi connectivity index (χ4v) is 7.50. The van der Waals surface area contributed by atoms with Crippen LogP contribution in [-0.2, 0) is 20.3 Å². The van der Waals surface area contributed by atoms with Gasteiger partial charge < -0.3 is 9.47 Å². The smallest absolute Gasteiger partial charge is 0.104 e. The Hall–Kier alpha value is -3.98. The second-order valence-corrected chi connectivity index (χ2v) is 13.6. The van der Waals surface area contributed by atoms with E-state index in [0.717, 1.165) is 26.1 Å². The van der Waals surface area contributed by atoms with Crippen LogP contribution in [0.5, 0.6) is 0 Å². The molecular formula is C41H38O2. The van der Waals surface area contributed by atoms with Crippen molar-refractivity contribution in [2.24, 2.45) is 0 Å². The van der Waals surface area contributed by atoms with E-state index < -0.39 is 0 Å². The maximum absolute atomic E-state index is 5.95. The molecule has 0 radical (unpaired) electrons. The van der Waals surface area contributed by atoms with Gasteiger partial charge >= 0.3 is 0 Å². The summed E-state index contributed by atoms with van der Waals surface area (Å²) in [6.45, 7) is 13.6. The first-order valence-electron chi connectivity index (χ1n) is 15.7. The molecule has 0 spiro atoms. The van der Waals surface area contributed by atoms with Gasteiger partial charge in [-0.15, -0.1) is 6.58 Å². The third-order valence-electron chi connectivity index (χ3n) is 9.89. The highest BCUT2D eigenvalue weighted by Gasteiger charge is 2.40. The summed E-state index contributed by atoms with van der Waals surface area (Å²) >= 11 is 0. The number of allylic oxidation sites excluding steroid dienone is 1. The summed E-state index contributed by atoms with van der Waals surface area (Å²) in [7, 11) is 0. The number of hydrogen-bond acceptors (Lipinski definition) is 2. The van der Waals surface area contributed by atoms with E-state index in [-0.39, 0.29) is 10.8 Å². The summed E-state index contributed by atoms with van der Waals surface area (Å²) in [6.07, 6.45) is 4.41. The monoisotopic (exact) mass is 562 g/mol. The van der Waals surface area contributed by atoms with Crippen LogP contribution in [0.1, 0.15) is 50.3 Å². The molecule has 2 unspecified atom stereocenters. The highest BCUT2D eigenvalue weighted by Crippen LogP contribution is 2.53. The minimum Gasteiger partial charge on any atom is -0.379 e. The fourth-order valence-electron chi connectivity index (χ4n) is 7.50. The van der Waals surface area contributed by atoms with Crippen molar-refractivity contribution in [1.82, 2.24) is 0 Å². The Balaban J connectivity index is 1.25. The summed E-state index contributed by atoms with van der Waals surface area (Å²) < 4.78 is 11.3. The van der Waals surface area contributed by atoms with E-state index >= 15 is 0 Å². The van der Waals surface area contributed by atoms with E-state index in [1.54, 1.807) is 0 Å². The van der Waals surface area contributed by atoms with Gasteiger partial charge in [0.2, 0.25) is 0 Å². The maximum atomic E-state index is 5.95. The molecule has 2 heteroatoms. The third kappa shape index (κ3) is 4.23. The second kappa shape index (κ2) is 9.77. The van der Waals surface area contributed by atoms with Gasteiger partial charge in [0.15, 0.2) is 0 Å². The van der Waals surface area contributed by atoms with E-state index in [2.05, 4.69) is 124 Å². The van der Waals surface area contributed by atoms with E-state index in [4.69, 9.17) is 9.47 Å². The predicted octanol–water partition coefficient (Wildman–Crippen LogP) is 10.2. The van der Waals surface area contributed by atoms with Gasteiger partial charge in [0.1, 0.15) is 6.10 Å². The molecule has 0 saturated carbocycles. The molecule has 43 heavy (non-hydrogen) atoms. The molecule has 1 saturated heterocycles. The minimum atomic E-state index is -0.242. The number of epoxide rings is 1. The Morgan fingerprint density at radius 3 is 2.28 bits per heavy atom. The molecule has 214 valence electrons. The Morgan fingerprint density at radius 2 is 1.51 bits per heavy atom. The molecule has 1 fully saturated rings. The van der Waals surface area contributed by atoms with Crippen molar-refractivity contribution in [2.45, 2.75) is 50.5 Å².